The second kappa shape index (κ2) is 4.64. The van der Waals surface area contributed by atoms with Gasteiger partial charge in [0, 0.05) is 0 Å². The van der Waals surface area contributed by atoms with Crippen LogP contribution in [0.1, 0.15) is 6.42 Å². The van der Waals surface area contributed by atoms with Crippen molar-refractivity contribution in [3.8, 4) is 0 Å². The van der Waals surface area contributed by atoms with Crippen molar-refractivity contribution in [2.24, 2.45) is 5.73 Å². The minimum atomic E-state index is -1.18. The number of carboxylic acid groups (broad SMARTS) is 1. The summed E-state index contributed by atoms with van der Waals surface area (Å²) < 4.78 is 0. The van der Waals surface area contributed by atoms with E-state index in [4.69, 9.17) is 10.8 Å². The van der Waals surface area contributed by atoms with Crippen LogP contribution in [0.25, 0.3) is 0 Å². The average Bonchev–Trinajstić information content (AvgIpc) is 1.86. The van der Waals surface area contributed by atoms with Crippen molar-refractivity contribution in [2.75, 3.05) is 7.11 Å². The number of amides is 1. The van der Waals surface area contributed by atoms with Gasteiger partial charge >= 0.3 is 5.97 Å². The number of hydroxylamine groups is 1. The summed E-state index contributed by atoms with van der Waals surface area (Å²) in [6.45, 7) is 0. The molecule has 0 aromatic rings. The number of rotatable bonds is 5. The van der Waals surface area contributed by atoms with E-state index in [9.17, 15) is 9.59 Å². The van der Waals surface area contributed by atoms with E-state index in [1.807, 2.05) is 0 Å². The van der Waals surface area contributed by atoms with Crippen molar-refractivity contribution < 1.29 is 19.5 Å². The second-order valence-corrected chi connectivity index (χ2v) is 1.88. The molecule has 0 saturated carbocycles. The average molecular weight is 162 g/mol. The molecular formula is C5H10N2O4. The van der Waals surface area contributed by atoms with Crippen molar-refractivity contribution in [3.63, 3.8) is 0 Å². The zero-order valence-corrected chi connectivity index (χ0v) is 6.03. The van der Waals surface area contributed by atoms with E-state index in [0.717, 1.165) is 0 Å². The van der Waals surface area contributed by atoms with Crippen LogP contribution in [0.3, 0.4) is 0 Å². The predicted molar refractivity (Wildman–Crippen MR) is 35.4 cm³/mol. The Labute approximate surface area is 63.3 Å². The number of hydrogen-bond donors (Lipinski definition) is 3. The highest BCUT2D eigenvalue weighted by atomic mass is 16.6. The number of carbonyl (C=O) groups is 2. The van der Waals surface area contributed by atoms with E-state index in [0.29, 0.717) is 0 Å². The van der Waals surface area contributed by atoms with E-state index in [1.165, 1.54) is 7.11 Å². The Morgan fingerprint density at radius 2 is 2.27 bits per heavy atom. The molecule has 0 heterocycles. The Morgan fingerprint density at radius 1 is 1.73 bits per heavy atom. The molecule has 6 heteroatoms. The highest BCUT2D eigenvalue weighted by Gasteiger charge is 2.18. The van der Waals surface area contributed by atoms with Crippen LogP contribution in [-0.2, 0) is 14.4 Å². The first-order valence-corrected chi connectivity index (χ1v) is 2.87. The third-order valence-corrected chi connectivity index (χ3v) is 0.964. The van der Waals surface area contributed by atoms with E-state index < -0.39 is 17.9 Å². The normalized spacial score (nSPS) is 12.5. The van der Waals surface area contributed by atoms with Crippen LogP contribution in [0, 0.1) is 0 Å². The number of carbonyl (C=O) groups excluding carboxylic acids is 1. The maximum atomic E-state index is 10.3. The van der Waals surface area contributed by atoms with Gasteiger partial charge in [-0.05, 0) is 0 Å². The summed E-state index contributed by atoms with van der Waals surface area (Å²) in [6, 6.07) is -1.07. The van der Waals surface area contributed by atoms with Gasteiger partial charge in [-0.15, -0.1) is 0 Å². The molecule has 0 aliphatic heterocycles. The maximum Gasteiger partial charge on any atom is 0.323 e. The molecule has 11 heavy (non-hydrogen) atoms. The molecule has 6 nitrogen and oxygen atoms in total. The van der Waals surface area contributed by atoms with Crippen molar-refractivity contribution in [1.29, 1.82) is 0 Å². The first kappa shape index (κ1) is 9.86. The molecule has 0 aliphatic rings. The zero-order valence-electron chi connectivity index (χ0n) is 6.03. The third-order valence-electron chi connectivity index (χ3n) is 0.964. The highest BCUT2D eigenvalue weighted by Crippen LogP contribution is 1.90. The summed E-state index contributed by atoms with van der Waals surface area (Å²) in [5.41, 5.74) is 6.88. The molecule has 1 amide bonds. The van der Waals surface area contributed by atoms with Gasteiger partial charge in [0.25, 0.3) is 0 Å². The fraction of sp³-hybridized carbons (Fsp3) is 0.600. The number of nitrogens with two attached hydrogens (primary N) is 1. The summed E-state index contributed by atoms with van der Waals surface area (Å²) in [5, 5.41) is 8.40. The first-order chi connectivity index (χ1) is 5.07. The summed E-state index contributed by atoms with van der Waals surface area (Å²) in [7, 11) is 1.26. The van der Waals surface area contributed by atoms with Crippen molar-refractivity contribution in [2.45, 2.75) is 12.5 Å². The molecule has 0 fully saturated rings. The molecule has 0 saturated heterocycles. The van der Waals surface area contributed by atoms with Crippen molar-refractivity contribution in [3.05, 3.63) is 0 Å². The summed E-state index contributed by atoms with van der Waals surface area (Å²) in [6.07, 6.45) is -0.289. The largest absolute Gasteiger partial charge is 0.480 e. The predicted octanol–water partition coefficient (Wildman–Crippen LogP) is -1.53. The Balaban J connectivity index is 3.89. The van der Waals surface area contributed by atoms with Crippen LogP contribution in [-0.4, -0.2) is 30.1 Å². The van der Waals surface area contributed by atoms with E-state index in [2.05, 4.69) is 10.3 Å². The zero-order chi connectivity index (χ0) is 8.85. The van der Waals surface area contributed by atoms with Crippen LogP contribution < -0.4 is 11.2 Å². The summed E-state index contributed by atoms with van der Waals surface area (Å²) in [5.74, 6) is -1.87. The SMILES string of the molecule is CONC(CC(N)=O)C(=O)O. The van der Waals surface area contributed by atoms with Crippen molar-refractivity contribution >= 4 is 11.9 Å². The molecule has 0 aromatic heterocycles. The second-order valence-electron chi connectivity index (χ2n) is 1.88. The molecule has 4 N–H and O–H groups in total. The quantitative estimate of drug-likeness (QED) is 0.425. The summed E-state index contributed by atoms with van der Waals surface area (Å²) in [4.78, 5) is 24.9. The number of hydrogen-bond acceptors (Lipinski definition) is 4. The van der Waals surface area contributed by atoms with Gasteiger partial charge in [-0.2, -0.15) is 5.48 Å². The van der Waals surface area contributed by atoms with E-state index in [-0.39, 0.29) is 6.42 Å². The number of primary amides is 1. The Hall–Kier alpha value is -1.14. The monoisotopic (exact) mass is 162 g/mol. The number of aliphatic carboxylic acids is 1. The van der Waals surface area contributed by atoms with Crippen LogP contribution in [0.4, 0.5) is 0 Å². The van der Waals surface area contributed by atoms with Gasteiger partial charge in [-0.1, -0.05) is 0 Å². The lowest BCUT2D eigenvalue weighted by Crippen LogP contribution is -2.39. The number of carboxylic acids is 1. The van der Waals surface area contributed by atoms with Gasteiger partial charge in [-0.3, -0.25) is 9.59 Å². The van der Waals surface area contributed by atoms with Gasteiger partial charge in [-0.25, -0.2) is 0 Å². The van der Waals surface area contributed by atoms with Crippen LogP contribution in [0.2, 0.25) is 0 Å². The smallest absolute Gasteiger partial charge is 0.323 e. The van der Waals surface area contributed by atoms with Gasteiger partial charge in [0.2, 0.25) is 5.91 Å². The van der Waals surface area contributed by atoms with Gasteiger partial charge < -0.3 is 15.7 Å². The maximum absolute atomic E-state index is 10.3. The van der Waals surface area contributed by atoms with Crippen LogP contribution in [0.5, 0.6) is 0 Å². The van der Waals surface area contributed by atoms with Gasteiger partial charge in [0.1, 0.15) is 6.04 Å². The Morgan fingerprint density at radius 3 is 2.55 bits per heavy atom. The van der Waals surface area contributed by atoms with Gasteiger partial charge in [0.15, 0.2) is 0 Å². The lowest BCUT2D eigenvalue weighted by Gasteiger charge is -2.09. The van der Waals surface area contributed by atoms with Gasteiger partial charge in [0.05, 0.1) is 13.5 Å². The molecule has 0 rings (SSSR count). The molecular weight excluding hydrogens is 152 g/mol. The molecule has 0 spiro atoms. The minimum Gasteiger partial charge on any atom is -0.480 e. The molecule has 0 bridgehead atoms. The molecule has 1 atom stereocenters. The molecule has 0 radical (unpaired) electrons. The van der Waals surface area contributed by atoms with E-state index >= 15 is 0 Å². The van der Waals surface area contributed by atoms with Crippen LogP contribution >= 0.6 is 0 Å². The molecule has 0 aliphatic carbocycles. The van der Waals surface area contributed by atoms with Crippen LogP contribution in [0.15, 0.2) is 0 Å². The Kier molecular flexibility index (Phi) is 4.16. The molecule has 64 valence electrons. The fourth-order valence-electron chi connectivity index (χ4n) is 0.523. The number of nitrogens with one attached hydrogen (secondary N) is 1. The first-order valence-electron chi connectivity index (χ1n) is 2.87. The third kappa shape index (κ3) is 4.29. The van der Waals surface area contributed by atoms with E-state index in [1.54, 1.807) is 0 Å². The lowest BCUT2D eigenvalue weighted by atomic mass is 10.2. The summed E-state index contributed by atoms with van der Waals surface area (Å²) >= 11 is 0. The highest BCUT2D eigenvalue weighted by molar-refractivity contribution is 5.83. The topological polar surface area (TPSA) is 102 Å². The Bertz CT molecular complexity index is 159. The van der Waals surface area contributed by atoms with Crippen molar-refractivity contribution in [1.82, 2.24) is 5.48 Å². The lowest BCUT2D eigenvalue weighted by molar-refractivity contribution is -0.145. The molecule has 0 aromatic carbocycles. The minimum absolute atomic E-state index is 0.289. The molecule has 1 unspecified atom stereocenters. The fourth-order valence-corrected chi connectivity index (χ4v) is 0.523. The standard InChI is InChI=1S/C5H10N2O4/c1-11-7-3(5(9)10)2-4(6)8/h3,7H,2H2,1H3,(H2,6,8)(H,9,10).